The largest absolute Gasteiger partial charge is 0.387 e. The lowest BCUT2D eigenvalue weighted by Crippen LogP contribution is -2.44. The molecule has 1 rings (SSSR count). The van der Waals surface area contributed by atoms with E-state index in [9.17, 15) is 4.79 Å². The Kier molecular flexibility index (Phi) is 3.25. The predicted octanol–water partition coefficient (Wildman–Crippen LogP) is -0.880. The molecular weight excluding hydrogens is 168 g/mol. The number of amidine groups is 1. The van der Waals surface area contributed by atoms with Crippen molar-refractivity contribution in [1.29, 1.82) is 5.41 Å². The Morgan fingerprint density at radius 3 is 2.77 bits per heavy atom. The average Bonchev–Trinajstić information content (AvgIpc) is 2.03. The first-order valence-electron chi connectivity index (χ1n) is 4.44. The summed E-state index contributed by atoms with van der Waals surface area (Å²) in [7, 11) is 0. The highest BCUT2D eigenvalue weighted by Gasteiger charge is 2.22. The minimum Gasteiger partial charge on any atom is -0.387 e. The van der Waals surface area contributed by atoms with Crippen LogP contribution in [0.25, 0.3) is 0 Å². The molecule has 0 spiro atoms. The third-order valence-electron chi connectivity index (χ3n) is 2.32. The van der Waals surface area contributed by atoms with E-state index in [1.165, 1.54) is 0 Å². The third kappa shape index (κ3) is 3.02. The highest BCUT2D eigenvalue weighted by Crippen LogP contribution is 2.15. The lowest BCUT2D eigenvalue weighted by atomic mass is 9.97. The maximum Gasteiger partial charge on any atom is 0.231 e. The Morgan fingerprint density at radius 2 is 2.23 bits per heavy atom. The molecule has 0 aromatic rings. The molecule has 5 nitrogen and oxygen atoms in total. The molecule has 13 heavy (non-hydrogen) atoms. The van der Waals surface area contributed by atoms with Crippen molar-refractivity contribution >= 4 is 11.7 Å². The van der Waals surface area contributed by atoms with Gasteiger partial charge in [-0.15, -0.1) is 0 Å². The Hall–Kier alpha value is -1.10. The highest BCUT2D eigenvalue weighted by molar-refractivity contribution is 5.80. The van der Waals surface area contributed by atoms with Gasteiger partial charge in [-0.3, -0.25) is 15.1 Å². The maximum absolute atomic E-state index is 10.6. The van der Waals surface area contributed by atoms with Gasteiger partial charge in [0.05, 0.1) is 12.4 Å². The molecule has 5 N–H and O–H groups in total. The molecule has 1 atom stereocenters. The topological polar surface area (TPSA) is 96.2 Å². The van der Waals surface area contributed by atoms with E-state index in [2.05, 4.69) is 0 Å². The van der Waals surface area contributed by atoms with E-state index >= 15 is 0 Å². The lowest BCUT2D eigenvalue weighted by Gasteiger charge is -2.30. The molecule has 1 saturated heterocycles. The normalized spacial score (nSPS) is 24.2. The van der Waals surface area contributed by atoms with Crippen LogP contribution in [0.2, 0.25) is 0 Å². The number of carbonyl (C=O) groups excluding carboxylic acids is 1. The van der Waals surface area contributed by atoms with Crippen molar-refractivity contribution in [2.24, 2.45) is 17.4 Å². The minimum absolute atomic E-state index is 0.105. The standard InChI is InChI=1S/C8H16N4O/c9-7(13)5-12-3-1-2-6(4-12)8(10)11/h6H,1-5H2,(H2,9,13)(H3,10,11). The quantitative estimate of drug-likeness (QED) is 0.392. The van der Waals surface area contributed by atoms with Gasteiger partial charge in [-0.2, -0.15) is 0 Å². The van der Waals surface area contributed by atoms with Gasteiger partial charge in [-0.1, -0.05) is 0 Å². The zero-order valence-electron chi connectivity index (χ0n) is 7.62. The second kappa shape index (κ2) is 4.23. The van der Waals surface area contributed by atoms with Crippen LogP contribution in [0.15, 0.2) is 0 Å². The number of primary amides is 1. The molecular formula is C8H16N4O. The van der Waals surface area contributed by atoms with E-state index in [0.29, 0.717) is 6.54 Å². The number of hydrogen-bond acceptors (Lipinski definition) is 3. The fraction of sp³-hybridized carbons (Fsp3) is 0.750. The van der Waals surface area contributed by atoms with Gasteiger partial charge in [0.25, 0.3) is 0 Å². The summed E-state index contributed by atoms with van der Waals surface area (Å²) in [6, 6.07) is 0. The first-order valence-corrected chi connectivity index (χ1v) is 4.44. The van der Waals surface area contributed by atoms with Crippen LogP contribution in [0.3, 0.4) is 0 Å². The fourth-order valence-electron chi connectivity index (χ4n) is 1.67. The summed E-state index contributed by atoms with van der Waals surface area (Å²) in [5.41, 5.74) is 10.5. The summed E-state index contributed by atoms with van der Waals surface area (Å²) in [6.07, 6.45) is 1.93. The molecule has 0 aromatic heterocycles. The molecule has 1 amide bonds. The van der Waals surface area contributed by atoms with Crippen molar-refractivity contribution < 1.29 is 4.79 Å². The van der Waals surface area contributed by atoms with Crippen molar-refractivity contribution in [3.05, 3.63) is 0 Å². The van der Waals surface area contributed by atoms with E-state index in [1.807, 2.05) is 4.90 Å². The molecule has 1 aliphatic heterocycles. The zero-order valence-corrected chi connectivity index (χ0v) is 7.62. The molecule has 0 aromatic carbocycles. The number of hydrogen-bond donors (Lipinski definition) is 3. The SMILES string of the molecule is N=C(N)C1CCCN(CC(N)=O)C1. The zero-order chi connectivity index (χ0) is 9.84. The summed E-state index contributed by atoms with van der Waals surface area (Å²) in [5.74, 6) is 0.00599. The van der Waals surface area contributed by atoms with Crippen molar-refractivity contribution in [3.8, 4) is 0 Å². The average molecular weight is 184 g/mol. The summed E-state index contributed by atoms with van der Waals surface area (Å²) in [5, 5.41) is 7.30. The first kappa shape index (κ1) is 9.98. The van der Waals surface area contributed by atoms with Gasteiger partial charge >= 0.3 is 0 Å². The second-order valence-corrected chi connectivity index (χ2v) is 3.50. The summed E-state index contributed by atoms with van der Waals surface area (Å²) in [4.78, 5) is 12.6. The molecule has 1 fully saturated rings. The van der Waals surface area contributed by atoms with E-state index in [1.54, 1.807) is 0 Å². The Balaban J connectivity index is 2.41. The minimum atomic E-state index is -0.316. The molecule has 74 valence electrons. The van der Waals surface area contributed by atoms with Gasteiger partial charge in [0.2, 0.25) is 5.91 Å². The number of likely N-dealkylation sites (tertiary alicyclic amines) is 1. The fourth-order valence-corrected chi connectivity index (χ4v) is 1.67. The predicted molar refractivity (Wildman–Crippen MR) is 50.3 cm³/mol. The van der Waals surface area contributed by atoms with Crippen LogP contribution in [-0.4, -0.2) is 36.3 Å². The number of nitrogens with two attached hydrogens (primary N) is 2. The van der Waals surface area contributed by atoms with Gasteiger partial charge < -0.3 is 11.5 Å². The van der Waals surface area contributed by atoms with Crippen molar-refractivity contribution in [2.75, 3.05) is 19.6 Å². The molecule has 5 heteroatoms. The Labute approximate surface area is 77.6 Å². The van der Waals surface area contributed by atoms with Gasteiger partial charge in [0.1, 0.15) is 0 Å². The molecule has 0 bridgehead atoms. The molecule has 0 aliphatic carbocycles. The maximum atomic E-state index is 10.6. The molecule has 0 radical (unpaired) electrons. The van der Waals surface area contributed by atoms with Crippen LogP contribution >= 0.6 is 0 Å². The van der Waals surface area contributed by atoms with Crippen LogP contribution in [0, 0.1) is 11.3 Å². The lowest BCUT2D eigenvalue weighted by molar-refractivity contribution is -0.119. The highest BCUT2D eigenvalue weighted by atomic mass is 16.1. The second-order valence-electron chi connectivity index (χ2n) is 3.50. The molecule has 1 unspecified atom stereocenters. The van der Waals surface area contributed by atoms with Crippen LogP contribution in [0.4, 0.5) is 0 Å². The van der Waals surface area contributed by atoms with Crippen LogP contribution < -0.4 is 11.5 Å². The van der Waals surface area contributed by atoms with Gasteiger partial charge in [-0.25, -0.2) is 0 Å². The van der Waals surface area contributed by atoms with Crippen molar-refractivity contribution in [1.82, 2.24) is 4.90 Å². The Morgan fingerprint density at radius 1 is 1.54 bits per heavy atom. The van der Waals surface area contributed by atoms with E-state index in [4.69, 9.17) is 16.9 Å². The first-order chi connectivity index (χ1) is 6.09. The Bertz CT molecular complexity index is 216. The van der Waals surface area contributed by atoms with E-state index in [0.717, 1.165) is 19.4 Å². The van der Waals surface area contributed by atoms with Gasteiger partial charge in [0.15, 0.2) is 0 Å². The molecule has 0 saturated carbocycles. The summed E-state index contributed by atoms with van der Waals surface area (Å²) >= 11 is 0. The number of carbonyl (C=O) groups is 1. The summed E-state index contributed by atoms with van der Waals surface area (Å²) < 4.78 is 0. The summed E-state index contributed by atoms with van der Waals surface area (Å²) in [6.45, 7) is 1.86. The van der Waals surface area contributed by atoms with Crippen molar-refractivity contribution in [2.45, 2.75) is 12.8 Å². The molecule has 1 aliphatic rings. The number of nitrogens with zero attached hydrogens (tertiary/aromatic N) is 1. The number of rotatable bonds is 3. The molecule has 1 heterocycles. The van der Waals surface area contributed by atoms with Crippen molar-refractivity contribution in [3.63, 3.8) is 0 Å². The monoisotopic (exact) mass is 184 g/mol. The van der Waals surface area contributed by atoms with E-state index < -0.39 is 0 Å². The van der Waals surface area contributed by atoms with E-state index in [-0.39, 0.29) is 24.2 Å². The van der Waals surface area contributed by atoms with Crippen LogP contribution in [-0.2, 0) is 4.79 Å². The number of amides is 1. The smallest absolute Gasteiger partial charge is 0.231 e. The van der Waals surface area contributed by atoms with Gasteiger partial charge in [0, 0.05) is 12.5 Å². The van der Waals surface area contributed by atoms with Crippen LogP contribution in [0.1, 0.15) is 12.8 Å². The third-order valence-corrected chi connectivity index (χ3v) is 2.32. The number of piperidine rings is 1. The van der Waals surface area contributed by atoms with Crippen LogP contribution in [0.5, 0.6) is 0 Å². The number of nitrogens with one attached hydrogen (secondary N) is 1. The van der Waals surface area contributed by atoms with Gasteiger partial charge in [-0.05, 0) is 19.4 Å².